The van der Waals surface area contributed by atoms with Crippen LogP contribution in [0, 0.1) is 22.7 Å². The number of halogens is 1. The normalized spacial score (nSPS) is 34.0. The van der Waals surface area contributed by atoms with Crippen molar-refractivity contribution in [2.24, 2.45) is 27.8 Å². The van der Waals surface area contributed by atoms with Gasteiger partial charge in [0.2, 0.25) is 0 Å². The van der Waals surface area contributed by atoms with Crippen LogP contribution in [-0.2, 0) is 4.84 Å². The first-order chi connectivity index (χ1) is 16.0. The molecule has 0 spiro atoms. The smallest absolute Gasteiger partial charge is 0.127 e. The van der Waals surface area contributed by atoms with Crippen molar-refractivity contribution in [1.29, 1.82) is 0 Å². The van der Waals surface area contributed by atoms with Gasteiger partial charge in [0.05, 0.1) is 11.8 Å². The Morgan fingerprint density at radius 1 is 1.38 bits per heavy atom. The second kappa shape index (κ2) is 10.8. The maximum Gasteiger partial charge on any atom is 0.127 e. The minimum atomic E-state index is -1.13. The van der Waals surface area contributed by atoms with E-state index in [0.29, 0.717) is 23.8 Å². The Hall–Kier alpha value is -1.94. The lowest BCUT2D eigenvalue weighted by atomic mass is 9.62. The zero-order chi connectivity index (χ0) is 25.1. The summed E-state index contributed by atoms with van der Waals surface area (Å²) in [7, 11) is 1.60. The second-order valence-electron chi connectivity index (χ2n) is 11.7. The van der Waals surface area contributed by atoms with Crippen molar-refractivity contribution in [2.45, 2.75) is 91.8 Å². The molecule has 0 amide bonds. The lowest BCUT2D eigenvalue weighted by molar-refractivity contribution is 0.124. The van der Waals surface area contributed by atoms with Crippen molar-refractivity contribution >= 4 is 5.71 Å². The Bertz CT molecular complexity index is 917. The Labute approximate surface area is 206 Å². The second-order valence-corrected chi connectivity index (χ2v) is 11.7. The zero-order valence-corrected chi connectivity index (χ0v) is 22.0. The molecule has 3 aliphatic rings. The summed E-state index contributed by atoms with van der Waals surface area (Å²) >= 11 is 0. The number of hydrogen-bond acceptors (Lipinski definition) is 3. The van der Waals surface area contributed by atoms with Gasteiger partial charge < -0.3 is 9.94 Å². The van der Waals surface area contributed by atoms with E-state index >= 15 is 0 Å². The summed E-state index contributed by atoms with van der Waals surface area (Å²) in [5.74, 6) is 0.968. The third kappa shape index (κ3) is 5.82. The van der Waals surface area contributed by atoms with E-state index in [-0.39, 0.29) is 17.3 Å². The minimum absolute atomic E-state index is 0.0567. The van der Waals surface area contributed by atoms with Gasteiger partial charge in [-0.3, -0.25) is 0 Å². The van der Waals surface area contributed by atoms with Crippen LogP contribution in [-0.4, -0.2) is 30.2 Å². The molecule has 2 fully saturated rings. The molecule has 0 heterocycles. The molecular formula is C30H44FNO2. The Morgan fingerprint density at radius 2 is 2.12 bits per heavy atom. The average Bonchev–Trinajstić information content (AvgIpc) is 3.11. The van der Waals surface area contributed by atoms with Gasteiger partial charge in [0.25, 0.3) is 0 Å². The Morgan fingerprint density at radius 3 is 2.79 bits per heavy atom. The lowest BCUT2D eigenvalue weighted by Crippen LogP contribution is -2.32. The first-order valence-corrected chi connectivity index (χ1v) is 12.9. The highest BCUT2D eigenvalue weighted by Crippen LogP contribution is 2.57. The van der Waals surface area contributed by atoms with Gasteiger partial charge in [-0.05, 0) is 73.0 Å². The zero-order valence-electron chi connectivity index (χ0n) is 22.0. The Kier molecular flexibility index (Phi) is 8.44. The topological polar surface area (TPSA) is 41.8 Å². The number of aliphatic hydroxyl groups excluding tert-OH is 1. The van der Waals surface area contributed by atoms with E-state index in [1.165, 1.54) is 18.4 Å². The summed E-state index contributed by atoms with van der Waals surface area (Å²) in [6.45, 7) is 15.1. The fraction of sp³-hybridized carbons (Fsp3) is 0.633. The van der Waals surface area contributed by atoms with E-state index in [4.69, 9.17) is 4.84 Å². The molecule has 3 aliphatic carbocycles. The van der Waals surface area contributed by atoms with Gasteiger partial charge in [0.1, 0.15) is 13.3 Å². The SMILES string of the molecule is C=C1C(=CC=C2CCC[C@]3(C)C([C@H](C)CC=CC(=NOC)C(C)(C)C)=CC[C@@H]23)C[C@@H](O)C[C@@H]1F. The van der Waals surface area contributed by atoms with Gasteiger partial charge >= 0.3 is 0 Å². The van der Waals surface area contributed by atoms with Crippen LogP contribution < -0.4 is 0 Å². The number of fused-ring (bicyclic) bond motifs is 1. The van der Waals surface area contributed by atoms with Crippen molar-refractivity contribution in [3.05, 3.63) is 59.3 Å². The van der Waals surface area contributed by atoms with Gasteiger partial charge in [0.15, 0.2) is 0 Å². The number of hydrogen-bond donors (Lipinski definition) is 1. The number of allylic oxidation sites excluding steroid dienone is 8. The maximum atomic E-state index is 14.2. The molecule has 0 aliphatic heterocycles. The summed E-state index contributed by atoms with van der Waals surface area (Å²) < 4.78 is 14.2. The summed E-state index contributed by atoms with van der Waals surface area (Å²) in [5, 5.41) is 14.2. The molecule has 2 saturated carbocycles. The molecule has 0 aromatic rings. The van der Waals surface area contributed by atoms with Crippen molar-refractivity contribution in [2.75, 3.05) is 7.11 Å². The van der Waals surface area contributed by atoms with Crippen LogP contribution in [0.25, 0.3) is 0 Å². The van der Waals surface area contributed by atoms with E-state index < -0.39 is 12.3 Å². The summed E-state index contributed by atoms with van der Waals surface area (Å²) in [6, 6.07) is 0. The number of alkyl halides is 1. The summed E-state index contributed by atoms with van der Waals surface area (Å²) in [6.07, 6.45) is 15.5. The highest BCUT2D eigenvalue weighted by atomic mass is 19.1. The molecule has 1 N–H and O–H groups in total. The van der Waals surface area contributed by atoms with Crippen LogP contribution in [0.3, 0.4) is 0 Å². The molecule has 3 rings (SSSR count). The molecule has 0 aromatic carbocycles. The highest BCUT2D eigenvalue weighted by molar-refractivity contribution is 5.98. The van der Waals surface area contributed by atoms with E-state index in [2.05, 4.69) is 70.7 Å². The van der Waals surface area contributed by atoms with Gasteiger partial charge in [-0.25, -0.2) is 4.39 Å². The van der Waals surface area contributed by atoms with Gasteiger partial charge in [-0.15, -0.1) is 0 Å². The third-order valence-corrected chi connectivity index (χ3v) is 8.09. The average molecular weight is 470 g/mol. The van der Waals surface area contributed by atoms with Crippen molar-refractivity contribution < 1.29 is 14.3 Å². The fourth-order valence-electron chi connectivity index (χ4n) is 6.08. The molecule has 34 heavy (non-hydrogen) atoms. The third-order valence-electron chi connectivity index (χ3n) is 8.09. The quantitative estimate of drug-likeness (QED) is 0.246. The molecular weight excluding hydrogens is 425 g/mol. The molecule has 0 aromatic heterocycles. The number of rotatable bonds is 6. The van der Waals surface area contributed by atoms with E-state index in [1.54, 1.807) is 12.7 Å². The molecule has 0 bridgehead atoms. The predicted molar refractivity (Wildman–Crippen MR) is 140 cm³/mol. The van der Waals surface area contributed by atoms with Crippen molar-refractivity contribution in [3.8, 4) is 0 Å². The molecule has 0 saturated heterocycles. The van der Waals surface area contributed by atoms with Crippen LogP contribution in [0.2, 0.25) is 0 Å². The number of aliphatic hydroxyl groups is 1. The standard InChI is InChI=1S/C30H44FNO2/c1-20(10-8-12-28(32-34-7)29(3,4)5)25-15-16-26-22(11-9-17-30(25,26)6)13-14-23-18-24(33)19-27(31)21(23)2/h8,12-15,20,24,26-27,33H,2,9-11,16-19H2,1,3-7H3/t20-,24-,26+,27+,30-/m1/s1. The molecule has 5 atom stereocenters. The summed E-state index contributed by atoms with van der Waals surface area (Å²) in [5.41, 5.74) is 5.51. The molecule has 0 radical (unpaired) electrons. The first kappa shape index (κ1) is 26.7. The van der Waals surface area contributed by atoms with E-state index in [9.17, 15) is 9.50 Å². The van der Waals surface area contributed by atoms with Crippen molar-refractivity contribution in [1.82, 2.24) is 0 Å². The first-order valence-electron chi connectivity index (χ1n) is 12.9. The summed E-state index contributed by atoms with van der Waals surface area (Å²) in [4.78, 5) is 5.05. The van der Waals surface area contributed by atoms with Gasteiger partial charge in [-0.2, -0.15) is 0 Å². The molecule has 4 heteroatoms. The van der Waals surface area contributed by atoms with Gasteiger partial charge in [0, 0.05) is 11.8 Å². The fourth-order valence-corrected chi connectivity index (χ4v) is 6.08. The Balaban J connectivity index is 1.73. The van der Waals surface area contributed by atoms with E-state index in [1.807, 2.05) is 6.08 Å². The van der Waals surface area contributed by atoms with Crippen LogP contribution in [0.4, 0.5) is 4.39 Å². The lowest BCUT2D eigenvalue weighted by Gasteiger charge is -2.42. The molecule has 3 nitrogen and oxygen atoms in total. The van der Waals surface area contributed by atoms with E-state index in [0.717, 1.165) is 30.5 Å². The monoisotopic (exact) mass is 469 g/mol. The highest BCUT2D eigenvalue weighted by Gasteiger charge is 2.45. The molecule has 0 unspecified atom stereocenters. The van der Waals surface area contributed by atoms with Crippen LogP contribution >= 0.6 is 0 Å². The largest absolute Gasteiger partial charge is 0.399 e. The van der Waals surface area contributed by atoms with Crippen LogP contribution in [0.5, 0.6) is 0 Å². The van der Waals surface area contributed by atoms with Gasteiger partial charge in [-0.1, -0.05) is 81.8 Å². The van der Waals surface area contributed by atoms with Crippen LogP contribution in [0.15, 0.2) is 64.4 Å². The maximum absolute atomic E-state index is 14.2. The predicted octanol–water partition coefficient (Wildman–Crippen LogP) is 7.66. The van der Waals surface area contributed by atoms with Crippen LogP contribution in [0.1, 0.15) is 79.6 Å². The number of oxime groups is 1. The molecule has 188 valence electrons. The van der Waals surface area contributed by atoms with Crippen molar-refractivity contribution in [3.63, 3.8) is 0 Å². The minimum Gasteiger partial charge on any atom is -0.399 e. The number of nitrogens with zero attached hydrogens (tertiary/aromatic N) is 1.